The number of carbonyl (C=O) groups excluding carboxylic acids is 2. The summed E-state index contributed by atoms with van der Waals surface area (Å²) in [6, 6.07) is 8.39. The van der Waals surface area contributed by atoms with Crippen molar-refractivity contribution >= 4 is 11.9 Å². The van der Waals surface area contributed by atoms with Gasteiger partial charge in [-0.05, 0) is 19.4 Å². The Morgan fingerprint density at radius 3 is 2.42 bits per heavy atom. The van der Waals surface area contributed by atoms with Crippen LogP contribution in [-0.4, -0.2) is 31.6 Å². The quantitative estimate of drug-likeness (QED) is 0.790. The summed E-state index contributed by atoms with van der Waals surface area (Å²) in [7, 11) is 1.45. The Kier molecular flexibility index (Phi) is 6.02. The lowest BCUT2D eigenvalue weighted by Crippen LogP contribution is -2.42. The van der Waals surface area contributed by atoms with Crippen molar-refractivity contribution in [1.29, 1.82) is 0 Å². The third-order valence-electron chi connectivity index (χ3n) is 2.58. The summed E-state index contributed by atoms with van der Waals surface area (Å²) in [6.07, 6.45) is -0.738. The SMILES string of the molecule is CCOC(=O)C(C)NC(=O)C(OC)c1ccccc1. The lowest BCUT2D eigenvalue weighted by atomic mass is 10.1. The van der Waals surface area contributed by atoms with Gasteiger partial charge in [-0.2, -0.15) is 0 Å². The highest BCUT2D eigenvalue weighted by Crippen LogP contribution is 2.16. The first kappa shape index (κ1) is 15.2. The van der Waals surface area contributed by atoms with Gasteiger partial charge in [0.05, 0.1) is 6.61 Å². The van der Waals surface area contributed by atoms with E-state index < -0.39 is 18.1 Å². The molecule has 0 bridgehead atoms. The van der Waals surface area contributed by atoms with Crippen LogP contribution < -0.4 is 5.32 Å². The minimum atomic E-state index is -0.738. The van der Waals surface area contributed by atoms with Crippen molar-refractivity contribution in [3.8, 4) is 0 Å². The molecule has 0 aliphatic carbocycles. The fourth-order valence-electron chi connectivity index (χ4n) is 1.64. The Labute approximate surface area is 112 Å². The molecule has 0 heterocycles. The van der Waals surface area contributed by atoms with E-state index in [2.05, 4.69) is 5.32 Å². The maximum absolute atomic E-state index is 12.0. The molecule has 0 radical (unpaired) electrons. The predicted octanol–water partition coefficient (Wildman–Crippen LogP) is 1.44. The third kappa shape index (κ3) is 4.37. The van der Waals surface area contributed by atoms with E-state index in [-0.39, 0.29) is 12.5 Å². The van der Waals surface area contributed by atoms with E-state index in [0.717, 1.165) is 5.56 Å². The van der Waals surface area contributed by atoms with Crippen LogP contribution in [0.25, 0.3) is 0 Å². The van der Waals surface area contributed by atoms with E-state index in [4.69, 9.17) is 9.47 Å². The van der Waals surface area contributed by atoms with Crippen molar-refractivity contribution < 1.29 is 19.1 Å². The average molecular weight is 265 g/mol. The second kappa shape index (κ2) is 7.53. The molecule has 2 unspecified atom stereocenters. The monoisotopic (exact) mass is 265 g/mol. The van der Waals surface area contributed by atoms with Crippen molar-refractivity contribution in [3.63, 3.8) is 0 Å². The number of methoxy groups -OCH3 is 1. The van der Waals surface area contributed by atoms with Gasteiger partial charge >= 0.3 is 5.97 Å². The Hall–Kier alpha value is -1.88. The molecule has 0 aromatic heterocycles. The van der Waals surface area contributed by atoms with E-state index in [0.29, 0.717) is 0 Å². The maximum Gasteiger partial charge on any atom is 0.328 e. The van der Waals surface area contributed by atoms with Crippen LogP contribution in [0.1, 0.15) is 25.5 Å². The molecule has 0 fully saturated rings. The zero-order valence-corrected chi connectivity index (χ0v) is 11.4. The number of hydrogen-bond acceptors (Lipinski definition) is 4. The summed E-state index contributed by atoms with van der Waals surface area (Å²) in [5, 5.41) is 2.58. The molecule has 0 saturated heterocycles. The molecule has 0 spiro atoms. The highest BCUT2D eigenvalue weighted by atomic mass is 16.5. The zero-order valence-electron chi connectivity index (χ0n) is 11.4. The number of esters is 1. The summed E-state index contributed by atoms with van der Waals surface area (Å²) in [6.45, 7) is 3.58. The molecule has 104 valence electrons. The van der Waals surface area contributed by atoms with E-state index >= 15 is 0 Å². The number of benzene rings is 1. The molecule has 1 rings (SSSR count). The maximum atomic E-state index is 12.0. The van der Waals surface area contributed by atoms with E-state index in [1.54, 1.807) is 26.0 Å². The van der Waals surface area contributed by atoms with Crippen molar-refractivity contribution in [2.45, 2.75) is 26.0 Å². The fraction of sp³-hybridized carbons (Fsp3) is 0.429. The molecule has 2 atom stereocenters. The van der Waals surface area contributed by atoms with Crippen LogP contribution in [0.2, 0.25) is 0 Å². The Morgan fingerprint density at radius 2 is 1.89 bits per heavy atom. The number of hydrogen-bond donors (Lipinski definition) is 1. The van der Waals surface area contributed by atoms with Gasteiger partial charge < -0.3 is 14.8 Å². The molecule has 0 saturated carbocycles. The van der Waals surface area contributed by atoms with Gasteiger partial charge in [0.2, 0.25) is 0 Å². The van der Waals surface area contributed by atoms with Gasteiger partial charge in [0.1, 0.15) is 6.04 Å². The van der Waals surface area contributed by atoms with E-state index in [9.17, 15) is 9.59 Å². The van der Waals surface area contributed by atoms with Crippen molar-refractivity contribution in [1.82, 2.24) is 5.32 Å². The fourth-order valence-corrected chi connectivity index (χ4v) is 1.64. The lowest BCUT2D eigenvalue weighted by molar-refractivity contribution is -0.148. The largest absolute Gasteiger partial charge is 0.464 e. The topological polar surface area (TPSA) is 64.6 Å². The van der Waals surface area contributed by atoms with Crippen molar-refractivity contribution in [2.75, 3.05) is 13.7 Å². The number of rotatable bonds is 6. The van der Waals surface area contributed by atoms with Crippen LogP contribution in [0.4, 0.5) is 0 Å². The van der Waals surface area contributed by atoms with Crippen molar-refractivity contribution in [3.05, 3.63) is 35.9 Å². The van der Waals surface area contributed by atoms with Gasteiger partial charge in [0.25, 0.3) is 5.91 Å². The Balaban J connectivity index is 2.68. The summed E-state index contributed by atoms with van der Waals surface area (Å²) < 4.78 is 10.0. The minimum Gasteiger partial charge on any atom is -0.464 e. The van der Waals surface area contributed by atoms with Gasteiger partial charge in [-0.15, -0.1) is 0 Å². The highest BCUT2D eigenvalue weighted by molar-refractivity contribution is 5.87. The highest BCUT2D eigenvalue weighted by Gasteiger charge is 2.24. The minimum absolute atomic E-state index is 0.283. The summed E-state index contributed by atoms with van der Waals surface area (Å²) in [5.74, 6) is -0.826. The number of nitrogens with one attached hydrogen (secondary N) is 1. The average Bonchev–Trinajstić information content (AvgIpc) is 2.41. The normalized spacial score (nSPS) is 13.4. The first-order valence-electron chi connectivity index (χ1n) is 6.14. The van der Waals surface area contributed by atoms with Crippen LogP contribution in [-0.2, 0) is 19.1 Å². The molecule has 1 amide bonds. The molecular formula is C14H19NO4. The van der Waals surface area contributed by atoms with Crippen LogP contribution in [0, 0.1) is 0 Å². The Bertz CT molecular complexity index is 419. The number of amides is 1. The van der Waals surface area contributed by atoms with Crippen molar-refractivity contribution in [2.24, 2.45) is 0 Å². The molecule has 1 aromatic rings. The molecule has 1 N–H and O–H groups in total. The molecular weight excluding hydrogens is 246 g/mol. The molecule has 1 aromatic carbocycles. The van der Waals surface area contributed by atoms with Crippen LogP contribution in [0.3, 0.4) is 0 Å². The van der Waals surface area contributed by atoms with Crippen LogP contribution in [0.15, 0.2) is 30.3 Å². The number of carbonyl (C=O) groups is 2. The first-order chi connectivity index (χ1) is 9.10. The van der Waals surface area contributed by atoms with E-state index in [1.165, 1.54) is 7.11 Å². The second-order valence-electron chi connectivity index (χ2n) is 4.01. The van der Waals surface area contributed by atoms with Gasteiger partial charge in [-0.3, -0.25) is 4.79 Å². The molecule has 19 heavy (non-hydrogen) atoms. The standard InChI is InChI=1S/C14H19NO4/c1-4-19-14(17)10(2)15-13(16)12(18-3)11-8-6-5-7-9-11/h5-10,12H,4H2,1-3H3,(H,15,16). The summed E-state index contributed by atoms with van der Waals surface area (Å²) >= 11 is 0. The summed E-state index contributed by atoms with van der Waals surface area (Å²) in [5.41, 5.74) is 0.735. The zero-order chi connectivity index (χ0) is 14.3. The third-order valence-corrected chi connectivity index (χ3v) is 2.58. The molecule has 0 aliphatic rings. The van der Waals surface area contributed by atoms with E-state index in [1.807, 2.05) is 18.2 Å². The molecule has 0 aliphatic heterocycles. The lowest BCUT2D eigenvalue weighted by Gasteiger charge is -2.18. The van der Waals surface area contributed by atoms with Crippen LogP contribution >= 0.6 is 0 Å². The van der Waals surface area contributed by atoms with Gasteiger partial charge in [-0.1, -0.05) is 30.3 Å². The molecule has 5 nitrogen and oxygen atoms in total. The Morgan fingerprint density at radius 1 is 1.26 bits per heavy atom. The van der Waals surface area contributed by atoms with Gasteiger partial charge in [-0.25, -0.2) is 4.79 Å². The second-order valence-corrected chi connectivity index (χ2v) is 4.01. The van der Waals surface area contributed by atoms with Gasteiger partial charge in [0.15, 0.2) is 6.10 Å². The van der Waals surface area contributed by atoms with Crippen LogP contribution in [0.5, 0.6) is 0 Å². The smallest absolute Gasteiger partial charge is 0.328 e. The first-order valence-corrected chi connectivity index (χ1v) is 6.14. The summed E-state index contributed by atoms with van der Waals surface area (Å²) in [4.78, 5) is 23.5. The van der Waals surface area contributed by atoms with Gasteiger partial charge in [0, 0.05) is 7.11 Å². The predicted molar refractivity (Wildman–Crippen MR) is 70.4 cm³/mol. The number of ether oxygens (including phenoxy) is 2. The molecule has 5 heteroatoms.